The number of unbranched alkanes of at least 4 members (excludes halogenated alkanes) is 2. The summed E-state index contributed by atoms with van der Waals surface area (Å²) in [6.07, 6.45) is 5.53. The van der Waals surface area contributed by atoms with Crippen LogP contribution in [0.15, 0.2) is 48.7 Å². The van der Waals surface area contributed by atoms with E-state index in [-0.39, 0.29) is 11.7 Å². The summed E-state index contributed by atoms with van der Waals surface area (Å²) < 4.78 is 13.5. The van der Waals surface area contributed by atoms with E-state index >= 15 is 0 Å². The Kier molecular flexibility index (Phi) is 6.71. The van der Waals surface area contributed by atoms with Gasteiger partial charge in [-0.15, -0.1) is 0 Å². The molecule has 5 nitrogen and oxygen atoms in total. The molecular weight excluding hydrogens is 375 g/mol. The van der Waals surface area contributed by atoms with E-state index in [1.807, 2.05) is 6.07 Å². The smallest absolute Gasteiger partial charge is 0.256 e. The van der Waals surface area contributed by atoms with Gasteiger partial charge in [-0.2, -0.15) is 5.10 Å². The highest BCUT2D eigenvalue weighted by Crippen LogP contribution is 2.19. The lowest BCUT2D eigenvalue weighted by atomic mass is 10.1. The van der Waals surface area contributed by atoms with Gasteiger partial charge in [-0.05, 0) is 61.7 Å². The van der Waals surface area contributed by atoms with Gasteiger partial charge in [0.2, 0.25) is 0 Å². The van der Waals surface area contributed by atoms with E-state index in [0.29, 0.717) is 16.7 Å². The first-order chi connectivity index (χ1) is 13.5. The predicted molar refractivity (Wildman–Crippen MR) is 110 cm³/mol. The lowest BCUT2D eigenvalue weighted by Crippen LogP contribution is -2.28. The quantitative estimate of drug-likeness (QED) is 0.425. The highest BCUT2D eigenvalue weighted by atomic mass is 32.1. The Labute approximate surface area is 168 Å². The molecule has 28 heavy (non-hydrogen) atoms. The fraction of sp³-hybridized carbons (Fsp3) is 0.286. The van der Waals surface area contributed by atoms with Crippen LogP contribution in [0.5, 0.6) is 0 Å². The molecule has 2 heterocycles. The third kappa shape index (κ3) is 5.13. The molecule has 146 valence electrons. The van der Waals surface area contributed by atoms with Crippen LogP contribution in [0, 0.1) is 10.5 Å². The Morgan fingerprint density at radius 1 is 1.18 bits per heavy atom. The molecule has 2 N–H and O–H groups in total. The van der Waals surface area contributed by atoms with Crippen molar-refractivity contribution in [3.8, 4) is 11.3 Å². The average molecular weight is 399 g/mol. The van der Waals surface area contributed by atoms with E-state index in [2.05, 4.69) is 15.2 Å². The van der Waals surface area contributed by atoms with Gasteiger partial charge in [-0.3, -0.25) is 9.89 Å². The molecule has 0 fully saturated rings. The monoisotopic (exact) mass is 398 g/mol. The molecule has 1 amide bonds. The first-order valence-electron chi connectivity index (χ1n) is 9.28. The van der Waals surface area contributed by atoms with Crippen molar-refractivity contribution in [3.05, 3.63) is 70.4 Å². The second-order valence-electron chi connectivity index (χ2n) is 6.74. The fourth-order valence-electron chi connectivity index (χ4n) is 3.00. The zero-order valence-corrected chi connectivity index (χ0v) is 16.6. The minimum Gasteiger partial charge on any atom is -0.352 e. The molecule has 7 heteroatoms. The first-order valence-corrected chi connectivity index (χ1v) is 9.69. The maximum Gasteiger partial charge on any atom is 0.256 e. The highest BCUT2D eigenvalue weighted by Gasteiger charge is 2.12. The van der Waals surface area contributed by atoms with Crippen molar-refractivity contribution in [2.75, 3.05) is 13.6 Å². The summed E-state index contributed by atoms with van der Waals surface area (Å²) >= 11 is 5.17. The van der Waals surface area contributed by atoms with Crippen LogP contribution >= 0.6 is 12.2 Å². The third-order valence-corrected chi connectivity index (χ3v) is 4.94. The van der Waals surface area contributed by atoms with E-state index in [1.54, 1.807) is 42.4 Å². The van der Waals surface area contributed by atoms with Crippen LogP contribution in [0.1, 0.15) is 35.3 Å². The van der Waals surface area contributed by atoms with Crippen molar-refractivity contribution in [2.24, 2.45) is 0 Å². The Bertz CT molecular complexity index is 980. The number of hydrogen-bond acceptors (Lipinski definition) is 3. The summed E-state index contributed by atoms with van der Waals surface area (Å²) in [5, 5.41) is 7.34. The highest BCUT2D eigenvalue weighted by molar-refractivity contribution is 7.71. The number of benzene rings is 1. The standard InChI is InChI=1S/C21H23FN4OS/c1-26(21(27)18-7-5-12-23-20(18)28)13-4-2-3-6-17-14-19(25-24-17)15-8-10-16(22)11-9-15/h5,7-12,14H,2-4,6,13H2,1H3,(H,23,28)(H,24,25). The molecule has 1 aromatic carbocycles. The zero-order chi connectivity index (χ0) is 19.9. The number of hydrogen-bond donors (Lipinski definition) is 2. The van der Waals surface area contributed by atoms with Crippen LogP contribution in [-0.2, 0) is 6.42 Å². The number of aryl methyl sites for hydroxylation is 1. The number of rotatable bonds is 8. The van der Waals surface area contributed by atoms with E-state index in [1.165, 1.54) is 12.1 Å². The first kappa shape index (κ1) is 19.9. The number of carbonyl (C=O) groups is 1. The summed E-state index contributed by atoms with van der Waals surface area (Å²) in [5.41, 5.74) is 3.30. The predicted octanol–water partition coefficient (Wildman–Crippen LogP) is 4.76. The van der Waals surface area contributed by atoms with Crippen molar-refractivity contribution in [1.82, 2.24) is 20.1 Å². The van der Waals surface area contributed by atoms with Crippen LogP contribution in [0.3, 0.4) is 0 Å². The molecule has 0 saturated carbocycles. The summed E-state index contributed by atoms with van der Waals surface area (Å²) in [6.45, 7) is 0.687. The van der Waals surface area contributed by atoms with E-state index in [4.69, 9.17) is 12.2 Å². The fourth-order valence-corrected chi connectivity index (χ4v) is 3.22. The molecule has 0 aliphatic rings. The van der Waals surface area contributed by atoms with Crippen LogP contribution < -0.4 is 0 Å². The number of halogens is 1. The molecule has 3 aromatic rings. The van der Waals surface area contributed by atoms with Gasteiger partial charge in [-0.1, -0.05) is 18.6 Å². The summed E-state index contributed by atoms with van der Waals surface area (Å²) in [7, 11) is 1.80. The molecule has 0 aliphatic carbocycles. The molecule has 0 unspecified atom stereocenters. The number of pyridine rings is 1. The maximum absolute atomic E-state index is 13.0. The second-order valence-corrected chi connectivity index (χ2v) is 7.14. The minimum atomic E-state index is -0.253. The van der Waals surface area contributed by atoms with Gasteiger partial charge in [-0.25, -0.2) is 4.39 Å². The van der Waals surface area contributed by atoms with Crippen LogP contribution in [-0.4, -0.2) is 39.6 Å². The molecule has 0 radical (unpaired) electrons. The molecule has 3 rings (SSSR count). The van der Waals surface area contributed by atoms with Crippen molar-refractivity contribution >= 4 is 18.1 Å². The van der Waals surface area contributed by atoms with Gasteiger partial charge in [0, 0.05) is 31.0 Å². The molecule has 2 aromatic heterocycles. The normalized spacial score (nSPS) is 10.8. The van der Waals surface area contributed by atoms with Crippen LogP contribution in [0.4, 0.5) is 4.39 Å². The number of H-pyrrole nitrogens is 2. The number of aromatic amines is 2. The maximum atomic E-state index is 13.0. The Hall–Kier alpha value is -2.80. The zero-order valence-electron chi connectivity index (χ0n) is 15.7. The number of aromatic nitrogens is 3. The topological polar surface area (TPSA) is 64.8 Å². The molecule has 0 atom stereocenters. The SMILES string of the molecule is CN(CCCCCc1cc(-c2ccc(F)cc2)n[nH]1)C(=O)c1ccc[nH]c1=S. The van der Waals surface area contributed by atoms with Gasteiger partial charge in [0.15, 0.2) is 0 Å². The van der Waals surface area contributed by atoms with Gasteiger partial charge >= 0.3 is 0 Å². The Morgan fingerprint density at radius 3 is 2.71 bits per heavy atom. The van der Waals surface area contributed by atoms with Crippen molar-refractivity contribution in [3.63, 3.8) is 0 Å². The van der Waals surface area contributed by atoms with Gasteiger partial charge < -0.3 is 9.88 Å². The van der Waals surface area contributed by atoms with Gasteiger partial charge in [0.05, 0.1) is 11.3 Å². The lowest BCUT2D eigenvalue weighted by Gasteiger charge is -2.17. The average Bonchev–Trinajstić information content (AvgIpc) is 3.17. The summed E-state index contributed by atoms with van der Waals surface area (Å²) in [4.78, 5) is 17.0. The number of amides is 1. The second kappa shape index (κ2) is 9.41. The third-order valence-electron chi connectivity index (χ3n) is 4.61. The lowest BCUT2D eigenvalue weighted by molar-refractivity contribution is 0.0791. The van der Waals surface area contributed by atoms with Crippen molar-refractivity contribution < 1.29 is 9.18 Å². The van der Waals surface area contributed by atoms with Gasteiger partial charge in [0.1, 0.15) is 10.5 Å². The molecule has 0 bridgehead atoms. The number of nitrogens with one attached hydrogen (secondary N) is 2. The largest absolute Gasteiger partial charge is 0.352 e. The Morgan fingerprint density at radius 2 is 1.96 bits per heavy atom. The number of carbonyl (C=O) groups excluding carboxylic acids is 1. The molecular formula is C21H23FN4OS. The summed E-state index contributed by atoms with van der Waals surface area (Å²) in [6, 6.07) is 11.8. The summed E-state index contributed by atoms with van der Waals surface area (Å²) in [5.74, 6) is -0.309. The van der Waals surface area contributed by atoms with Crippen LogP contribution in [0.2, 0.25) is 0 Å². The minimum absolute atomic E-state index is 0.0562. The van der Waals surface area contributed by atoms with E-state index in [9.17, 15) is 9.18 Å². The van der Waals surface area contributed by atoms with Gasteiger partial charge in [0.25, 0.3) is 5.91 Å². The van der Waals surface area contributed by atoms with E-state index < -0.39 is 0 Å². The molecule has 0 saturated heterocycles. The van der Waals surface area contributed by atoms with Crippen molar-refractivity contribution in [1.29, 1.82) is 0 Å². The Balaban J connectivity index is 1.41. The van der Waals surface area contributed by atoms with Crippen molar-refractivity contribution in [2.45, 2.75) is 25.7 Å². The number of nitrogens with zero attached hydrogens (tertiary/aromatic N) is 2. The van der Waals surface area contributed by atoms with Crippen LogP contribution in [0.25, 0.3) is 11.3 Å². The van der Waals surface area contributed by atoms with E-state index in [0.717, 1.165) is 42.6 Å². The molecule has 0 spiro atoms. The molecule has 0 aliphatic heterocycles.